The lowest BCUT2D eigenvalue weighted by atomic mass is 10.1. The van der Waals surface area contributed by atoms with Crippen LogP contribution >= 0.6 is 11.8 Å². The molecule has 2 saturated heterocycles. The molecule has 0 atom stereocenters. The third-order valence-electron chi connectivity index (χ3n) is 5.45. The van der Waals surface area contributed by atoms with Crippen LogP contribution in [0, 0.1) is 17.0 Å². The Morgan fingerprint density at radius 3 is 2.35 bits per heavy atom. The highest BCUT2D eigenvalue weighted by atomic mass is 32.2. The SMILES string of the molecule is Cc1ccccc1N1CCN(CN2C(=O)SC(=Cc3ccc([N+](=O)[O-])cc3)C2=O)CC1. The first kappa shape index (κ1) is 21.1. The predicted molar refractivity (Wildman–Crippen MR) is 121 cm³/mol. The molecule has 0 bridgehead atoms. The van der Waals surface area contributed by atoms with E-state index in [2.05, 4.69) is 28.9 Å². The van der Waals surface area contributed by atoms with E-state index < -0.39 is 4.92 Å². The quantitative estimate of drug-likeness (QED) is 0.399. The van der Waals surface area contributed by atoms with Gasteiger partial charge in [0, 0.05) is 44.0 Å². The number of amides is 2. The molecule has 2 fully saturated rings. The Morgan fingerprint density at radius 2 is 1.71 bits per heavy atom. The topological polar surface area (TPSA) is 87.0 Å². The van der Waals surface area contributed by atoms with Gasteiger partial charge in [0.1, 0.15) is 0 Å². The van der Waals surface area contributed by atoms with E-state index in [0.717, 1.165) is 37.9 Å². The molecule has 4 rings (SSSR count). The number of aryl methyl sites for hydroxylation is 1. The maximum atomic E-state index is 12.8. The maximum Gasteiger partial charge on any atom is 0.294 e. The number of benzene rings is 2. The summed E-state index contributed by atoms with van der Waals surface area (Å²) in [4.78, 5) is 41.5. The van der Waals surface area contributed by atoms with Gasteiger partial charge in [-0.05, 0) is 54.1 Å². The van der Waals surface area contributed by atoms with E-state index in [1.54, 1.807) is 18.2 Å². The van der Waals surface area contributed by atoms with Crippen LogP contribution in [-0.4, -0.2) is 58.7 Å². The maximum absolute atomic E-state index is 12.8. The largest absolute Gasteiger partial charge is 0.369 e. The molecule has 2 heterocycles. The minimum absolute atomic E-state index is 0.0184. The van der Waals surface area contributed by atoms with Crippen molar-refractivity contribution in [2.75, 3.05) is 37.7 Å². The van der Waals surface area contributed by atoms with Gasteiger partial charge in [0.15, 0.2) is 0 Å². The second kappa shape index (κ2) is 8.91. The Morgan fingerprint density at radius 1 is 1.03 bits per heavy atom. The zero-order chi connectivity index (χ0) is 22.0. The van der Waals surface area contributed by atoms with Gasteiger partial charge < -0.3 is 4.90 Å². The van der Waals surface area contributed by atoms with Gasteiger partial charge in [-0.2, -0.15) is 0 Å². The summed E-state index contributed by atoms with van der Waals surface area (Å²) in [5.41, 5.74) is 3.08. The molecule has 2 aliphatic rings. The highest BCUT2D eigenvalue weighted by Crippen LogP contribution is 2.33. The number of nitrogens with zero attached hydrogens (tertiary/aromatic N) is 4. The van der Waals surface area contributed by atoms with Crippen molar-refractivity contribution in [3.8, 4) is 0 Å². The fourth-order valence-electron chi connectivity index (χ4n) is 3.71. The number of non-ortho nitro benzene ring substituents is 1. The minimum Gasteiger partial charge on any atom is -0.369 e. The van der Waals surface area contributed by atoms with Crippen LogP contribution in [0.4, 0.5) is 16.2 Å². The standard InChI is InChI=1S/C22H22N4O4S/c1-16-4-2-3-5-19(16)24-12-10-23(11-13-24)15-25-21(27)20(31-22(25)28)14-17-6-8-18(9-7-17)26(29)30/h2-9,14H,10-13,15H2,1H3. The van der Waals surface area contributed by atoms with Gasteiger partial charge >= 0.3 is 0 Å². The van der Waals surface area contributed by atoms with Crippen molar-refractivity contribution in [3.05, 3.63) is 74.7 Å². The van der Waals surface area contributed by atoms with Crippen molar-refractivity contribution < 1.29 is 14.5 Å². The summed E-state index contributed by atoms with van der Waals surface area (Å²) in [6.45, 7) is 5.55. The molecule has 0 aliphatic carbocycles. The van der Waals surface area contributed by atoms with E-state index in [4.69, 9.17) is 0 Å². The molecule has 0 unspecified atom stereocenters. The Kier molecular flexibility index (Phi) is 6.06. The van der Waals surface area contributed by atoms with Crippen LogP contribution in [0.1, 0.15) is 11.1 Å². The first-order valence-corrected chi connectivity index (χ1v) is 10.8. The van der Waals surface area contributed by atoms with Gasteiger partial charge in [0.2, 0.25) is 0 Å². The molecule has 0 radical (unpaired) electrons. The van der Waals surface area contributed by atoms with E-state index >= 15 is 0 Å². The fourth-order valence-corrected chi connectivity index (χ4v) is 4.55. The number of hydrogen-bond acceptors (Lipinski definition) is 7. The number of anilines is 1. The molecule has 2 aromatic rings. The number of carbonyl (C=O) groups excluding carboxylic acids is 2. The van der Waals surface area contributed by atoms with Crippen LogP contribution in [-0.2, 0) is 4.79 Å². The summed E-state index contributed by atoms with van der Waals surface area (Å²) >= 11 is 0.903. The van der Waals surface area contributed by atoms with Gasteiger partial charge in [-0.25, -0.2) is 0 Å². The summed E-state index contributed by atoms with van der Waals surface area (Å²) in [6, 6.07) is 14.2. The van der Waals surface area contributed by atoms with Crippen LogP contribution in [0.15, 0.2) is 53.4 Å². The zero-order valence-electron chi connectivity index (χ0n) is 17.1. The average molecular weight is 439 g/mol. The third kappa shape index (κ3) is 4.62. The summed E-state index contributed by atoms with van der Waals surface area (Å²) in [6.07, 6.45) is 1.60. The molecule has 0 aromatic heterocycles. The number of hydrogen-bond donors (Lipinski definition) is 0. The molecule has 0 spiro atoms. The van der Waals surface area contributed by atoms with Gasteiger partial charge in [0.25, 0.3) is 16.8 Å². The molecule has 2 aromatic carbocycles. The highest BCUT2D eigenvalue weighted by Gasteiger charge is 2.36. The van der Waals surface area contributed by atoms with Crippen LogP contribution in [0.2, 0.25) is 0 Å². The van der Waals surface area contributed by atoms with Crippen LogP contribution < -0.4 is 4.90 Å². The molecule has 9 heteroatoms. The number of rotatable bonds is 5. The number of piperazine rings is 1. The Bertz CT molecular complexity index is 1050. The Balaban J connectivity index is 1.37. The lowest BCUT2D eigenvalue weighted by molar-refractivity contribution is -0.384. The van der Waals surface area contributed by atoms with Gasteiger partial charge in [-0.15, -0.1) is 0 Å². The molecule has 160 valence electrons. The van der Waals surface area contributed by atoms with E-state index in [1.165, 1.54) is 28.3 Å². The lowest BCUT2D eigenvalue weighted by Crippen LogP contribution is -2.51. The summed E-state index contributed by atoms with van der Waals surface area (Å²) in [7, 11) is 0. The van der Waals surface area contributed by atoms with E-state index in [0.29, 0.717) is 10.5 Å². The molecule has 0 N–H and O–H groups in total. The minimum atomic E-state index is -0.476. The summed E-state index contributed by atoms with van der Waals surface area (Å²) in [5.74, 6) is -0.324. The molecular formula is C22H22N4O4S. The van der Waals surface area contributed by atoms with Gasteiger partial charge in [0.05, 0.1) is 16.5 Å². The van der Waals surface area contributed by atoms with Crippen LogP contribution in [0.3, 0.4) is 0 Å². The molecule has 8 nitrogen and oxygen atoms in total. The Labute approximate surface area is 184 Å². The average Bonchev–Trinajstić information content (AvgIpc) is 3.02. The monoisotopic (exact) mass is 438 g/mol. The van der Waals surface area contributed by atoms with Crippen molar-refractivity contribution in [2.24, 2.45) is 0 Å². The van der Waals surface area contributed by atoms with Crippen molar-refractivity contribution >= 4 is 40.4 Å². The number of para-hydroxylation sites is 1. The number of imide groups is 1. The number of nitro groups is 1. The number of carbonyl (C=O) groups is 2. The zero-order valence-corrected chi connectivity index (χ0v) is 17.9. The van der Waals surface area contributed by atoms with E-state index in [1.807, 2.05) is 12.1 Å². The molecule has 31 heavy (non-hydrogen) atoms. The second-order valence-electron chi connectivity index (χ2n) is 7.49. The predicted octanol–water partition coefficient (Wildman–Crippen LogP) is 3.72. The van der Waals surface area contributed by atoms with Crippen LogP contribution in [0.25, 0.3) is 6.08 Å². The second-order valence-corrected chi connectivity index (χ2v) is 8.48. The normalized spacial score (nSPS) is 18.8. The third-order valence-corrected chi connectivity index (χ3v) is 6.35. The molecule has 2 amide bonds. The van der Waals surface area contributed by atoms with Crippen molar-refractivity contribution in [1.29, 1.82) is 0 Å². The first-order valence-electron chi connectivity index (χ1n) is 9.95. The van der Waals surface area contributed by atoms with Crippen LogP contribution in [0.5, 0.6) is 0 Å². The van der Waals surface area contributed by atoms with Gasteiger partial charge in [-0.1, -0.05) is 18.2 Å². The van der Waals surface area contributed by atoms with E-state index in [-0.39, 0.29) is 23.5 Å². The highest BCUT2D eigenvalue weighted by molar-refractivity contribution is 8.18. The molecule has 0 saturated carbocycles. The summed E-state index contributed by atoms with van der Waals surface area (Å²) in [5, 5.41) is 10.5. The summed E-state index contributed by atoms with van der Waals surface area (Å²) < 4.78 is 0. The number of thioether (sulfide) groups is 1. The molecule has 2 aliphatic heterocycles. The number of nitro benzene ring substituents is 1. The smallest absolute Gasteiger partial charge is 0.294 e. The van der Waals surface area contributed by atoms with Crippen molar-refractivity contribution in [2.45, 2.75) is 6.92 Å². The Hall–Kier alpha value is -3.17. The van der Waals surface area contributed by atoms with Crippen molar-refractivity contribution in [3.63, 3.8) is 0 Å². The lowest BCUT2D eigenvalue weighted by Gasteiger charge is -2.37. The molecular weight excluding hydrogens is 416 g/mol. The van der Waals surface area contributed by atoms with E-state index in [9.17, 15) is 19.7 Å². The first-order chi connectivity index (χ1) is 14.9. The fraction of sp³-hybridized carbons (Fsp3) is 0.273. The van der Waals surface area contributed by atoms with Gasteiger partial charge in [-0.3, -0.25) is 29.5 Å². The van der Waals surface area contributed by atoms with Crippen molar-refractivity contribution in [1.82, 2.24) is 9.80 Å².